The van der Waals surface area contributed by atoms with Crippen molar-refractivity contribution in [1.82, 2.24) is 0 Å². The van der Waals surface area contributed by atoms with Crippen LogP contribution in [0.15, 0.2) is 42.5 Å². The van der Waals surface area contributed by atoms with Crippen molar-refractivity contribution in [2.24, 2.45) is 0 Å². The Labute approximate surface area is 162 Å². The van der Waals surface area contributed by atoms with E-state index < -0.39 is 28.4 Å². The Hall–Kier alpha value is -2.58. The van der Waals surface area contributed by atoms with Gasteiger partial charge in [-0.15, -0.1) is 0 Å². The topological polar surface area (TPSA) is 92.8 Å². The Kier molecular flexibility index (Phi) is 6.45. The molecule has 0 saturated heterocycles. The van der Waals surface area contributed by atoms with Gasteiger partial charge in [0.15, 0.2) is 0 Å². The van der Waals surface area contributed by atoms with Crippen LogP contribution in [0, 0.1) is 6.92 Å². The number of benzene rings is 2. The number of hydrogen-bond donors (Lipinski definition) is 1. The number of ether oxygens (including phenoxy) is 1. The zero-order valence-corrected chi connectivity index (χ0v) is 16.6. The molecule has 0 unspecified atom stereocenters. The van der Waals surface area contributed by atoms with Gasteiger partial charge in [0.05, 0.1) is 24.6 Å². The molecule has 0 heterocycles. The van der Waals surface area contributed by atoms with E-state index in [2.05, 4.69) is 10.1 Å². The molecule has 9 heteroatoms. The Bertz CT molecular complexity index is 958. The number of halogens is 1. The van der Waals surface area contributed by atoms with Crippen molar-refractivity contribution in [3.05, 3.63) is 58.6 Å². The van der Waals surface area contributed by atoms with E-state index in [4.69, 9.17) is 11.6 Å². The van der Waals surface area contributed by atoms with Gasteiger partial charge >= 0.3 is 5.97 Å². The summed E-state index contributed by atoms with van der Waals surface area (Å²) in [4.78, 5) is 23.8. The maximum absolute atomic E-state index is 12.4. The molecule has 0 radical (unpaired) electrons. The summed E-state index contributed by atoms with van der Waals surface area (Å²) in [6, 6.07) is 10.9. The van der Waals surface area contributed by atoms with E-state index in [9.17, 15) is 18.0 Å². The molecule has 1 amide bonds. The first-order valence-electron chi connectivity index (χ1n) is 7.84. The first-order valence-corrected chi connectivity index (χ1v) is 10.1. The molecular weight excluding hydrogens is 392 g/mol. The van der Waals surface area contributed by atoms with E-state index in [1.54, 1.807) is 19.1 Å². The number of amides is 1. The Morgan fingerprint density at radius 2 is 1.78 bits per heavy atom. The minimum atomic E-state index is -3.71. The molecule has 0 aromatic heterocycles. The predicted octanol–water partition coefficient (Wildman–Crippen LogP) is 2.84. The van der Waals surface area contributed by atoms with Crippen molar-refractivity contribution in [2.75, 3.05) is 29.5 Å². The van der Waals surface area contributed by atoms with E-state index in [-0.39, 0.29) is 0 Å². The van der Waals surface area contributed by atoms with Crippen LogP contribution in [-0.2, 0) is 19.6 Å². The minimum Gasteiger partial charge on any atom is -0.465 e. The predicted molar refractivity (Wildman–Crippen MR) is 105 cm³/mol. The second-order valence-electron chi connectivity index (χ2n) is 5.82. The molecule has 1 N–H and O–H groups in total. The molecule has 0 spiro atoms. The number of methoxy groups -OCH3 is 1. The standard InChI is InChI=1S/C18H19ClN2O5S/c1-12-4-7-14(19)10-16(12)21(27(3,24)25)11-17(22)20-15-8-5-13(6-9-15)18(23)26-2/h4-10H,11H2,1-3H3,(H,20,22). The van der Waals surface area contributed by atoms with Crippen molar-refractivity contribution in [2.45, 2.75) is 6.92 Å². The zero-order chi connectivity index (χ0) is 20.2. The van der Waals surface area contributed by atoms with E-state index in [0.29, 0.717) is 27.5 Å². The van der Waals surface area contributed by atoms with Crippen molar-refractivity contribution < 1.29 is 22.7 Å². The number of aryl methyl sites for hydroxylation is 1. The van der Waals surface area contributed by atoms with E-state index >= 15 is 0 Å². The fourth-order valence-corrected chi connectivity index (χ4v) is 3.44. The van der Waals surface area contributed by atoms with Gasteiger partial charge in [0.1, 0.15) is 6.54 Å². The van der Waals surface area contributed by atoms with E-state index in [0.717, 1.165) is 10.6 Å². The molecule has 0 saturated carbocycles. The number of carbonyl (C=O) groups excluding carboxylic acids is 2. The molecule has 0 aliphatic carbocycles. The van der Waals surface area contributed by atoms with E-state index in [1.165, 1.54) is 37.4 Å². The van der Waals surface area contributed by atoms with Crippen LogP contribution in [0.1, 0.15) is 15.9 Å². The van der Waals surface area contributed by atoms with Crippen LogP contribution in [0.4, 0.5) is 11.4 Å². The van der Waals surface area contributed by atoms with Gasteiger partial charge in [-0.05, 0) is 48.9 Å². The second-order valence-corrected chi connectivity index (χ2v) is 8.16. The summed E-state index contributed by atoms with van der Waals surface area (Å²) in [7, 11) is -2.44. The Morgan fingerprint density at radius 1 is 1.15 bits per heavy atom. The number of hydrogen-bond acceptors (Lipinski definition) is 5. The third-order valence-corrected chi connectivity index (χ3v) is 5.08. The van der Waals surface area contributed by atoms with Crippen LogP contribution < -0.4 is 9.62 Å². The summed E-state index contributed by atoms with van der Waals surface area (Å²) in [5.74, 6) is -1.03. The van der Waals surface area contributed by atoms with Gasteiger partial charge in [-0.3, -0.25) is 9.10 Å². The number of anilines is 2. The van der Waals surface area contributed by atoms with Gasteiger partial charge in [0.25, 0.3) is 0 Å². The number of esters is 1. The smallest absolute Gasteiger partial charge is 0.337 e. The van der Waals surface area contributed by atoms with Crippen molar-refractivity contribution in [3.63, 3.8) is 0 Å². The molecule has 0 bridgehead atoms. The number of nitrogens with one attached hydrogen (secondary N) is 1. The highest BCUT2D eigenvalue weighted by Gasteiger charge is 2.22. The highest BCUT2D eigenvalue weighted by molar-refractivity contribution is 7.92. The molecule has 0 aliphatic heterocycles. The molecule has 144 valence electrons. The van der Waals surface area contributed by atoms with Gasteiger partial charge < -0.3 is 10.1 Å². The highest BCUT2D eigenvalue weighted by Crippen LogP contribution is 2.26. The van der Waals surface area contributed by atoms with Gasteiger partial charge in [-0.1, -0.05) is 17.7 Å². The lowest BCUT2D eigenvalue weighted by Gasteiger charge is -2.23. The Morgan fingerprint density at radius 3 is 2.33 bits per heavy atom. The van der Waals surface area contributed by atoms with Crippen molar-refractivity contribution in [1.29, 1.82) is 0 Å². The average Bonchev–Trinajstić information content (AvgIpc) is 2.61. The van der Waals surface area contributed by atoms with Gasteiger partial charge in [0, 0.05) is 10.7 Å². The van der Waals surface area contributed by atoms with E-state index in [1.807, 2.05) is 0 Å². The van der Waals surface area contributed by atoms with Crippen LogP contribution in [0.25, 0.3) is 0 Å². The van der Waals surface area contributed by atoms with Crippen LogP contribution in [0.5, 0.6) is 0 Å². The maximum Gasteiger partial charge on any atom is 0.337 e. The number of carbonyl (C=O) groups is 2. The van der Waals surface area contributed by atoms with Crippen molar-refractivity contribution in [3.8, 4) is 0 Å². The molecule has 0 aliphatic rings. The van der Waals surface area contributed by atoms with Crippen LogP contribution >= 0.6 is 11.6 Å². The second kappa shape index (κ2) is 8.41. The summed E-state index contributed by atoms with van der Waals surface area (Å²) < 4.78 is 30.0. The molecule has 7 nitrogen and oxygen atoms in total. The lowest BCUT2D eigenvalue weighted by molar-refractivity contribution is -0.114. The van der Waals surface area contributed by atoms with Gasteiger partial charge in [-0.2, -0.15) is 0 Å². The lowest BCUT2D eigenvalue weighted by Crippen LogP contribution is -2.37. The first-order chi connectivity index (χ1) is 12.6. The molecule has 2 aromatic carbocycles. The molecule has 2 aromatic rings. The summed E-state index contributed by atoms with van der Waals surface area (Å²) in [6.07, 6.45) is 1.02. The molecule has 27 heavy (non-hydrogen) atoms. The molecule has 0 atom stereocenters. The monoisotopic (exact) mass is 410 g/mol. The molecule has 0 fully saturated rings. The SMILES string of the molecule is COC(=O)c1ccc(NC(=O)CN(c2cc(Cl)ccc2C)S(C)(=O)=O)cc1. The van der Waals surface area contributed by atoms with Gasteiger partial charge in [0.2, 0.25) is 15.9 Å². The first kappa shape index (κ1) is 20.7. The fraction of sp³-hybridized carbons (Fsp3) is 0.222. The third kappa shape index (κ3) is 5.45. The number of nitrogens with zero attached hydrogens (tertiary/aromatic N) is 1. The number of sulfonamides is 1. The lowest BCUT2D eigenvalue weighted by atomic mass is 10.2. The molecular formula is C18H19ClN2O5S. The zero-order valence-electron chi connectivity index (χ0n) is 15.0. The van der Waals surface area contributed by atoms with Crippen molar-refractivity contribution >= 4 is 44.9 Å². The average molecular weight is 411 g/mol. The largest absolute Gasteiger partial charge is 0.465 e. The summed E-state index contributed by atoms with van der Waals surface area (Å²) >= 11 is 5.97. The molecule has 2 rings (SSSR count). The maximum atomic E-state index is 12.4. The van der Waals surface area contributed by atoms with Crippen LogP contribution in [0.2, 0.25) is 5.02 Å². The summed E-state index contributed by atoms with van der Waals surface area (Å²) in [5.41, 5.74) is 1.76. The normalized spacial score (nSPS) is 11.0. The number of rotatable bonds is 6. The summed E-state index contributed by atoms with van der Waals surface area (Å²) in [5, 5.41) is 2.97. The van der Waals surface area contributed by atoms with Gasteiger partial charge in [-0.25, -0.2) is 13.2 Å². The van der Waals surface area contributed by atoms with Crippen LogP contribution in [-0.4, -0.2) is 40.2 Å². The highest BCUT2D eigenvalue weighted by atomic mass is 35.5. The summed E-state index contributed by atoms with van der Waals surface area (Å²) in [6.45, 7) is 1.31. The van der Waals surface area contributed by atoms with Crippen LogP contribution in [0.3, 0.4) is 0 Å². The quantitative estimate of drug-likeness (QED) is 0.739. The fourth-order valence-electron chi connectivity index (χ4n) is 2.37. The minimum absolute atomic E-state index is 0.334. The Balaban J connectivity index is 2.20. The third-order valence-electron chi connectivity index (χ3n) is 3.72.